The highest BCUT2D eigenvalue weighted by Gasteiger charge is 2.11. The Hall–Kier alpha value is -3.64. The first kappa shape index (κ1) is 23.5. The first-order chi connectivity index (χ1) is 16.3. The average molecular weight is 542 g/mol. The van der Waals surface area contributed by atoms with Crippen molar-refractivity contribution in [1.82, 2.24) is 25.1 Å². The summed E-state index contributed by atoms with van der Waals surface area (Å²) in [7, 11) is -3.13. The summed E-state index contributed by atoms with van der Waals surface area (Å²) in [5.41, 5.74) is 5.59. The maximum Gasteiger partial charge on any atom is 0.251 e. The number of hydrogen-bond acceptors (Lipinski definition) is 8. The molecule has 0 saturated heterocycles. The molecule has 0 unspecified atom stereocenters. The van der Waals surface area contributed by atoms with E-state index in [1.165, 1.54) is 6.33 Å². The SMILES string of the molecule is CS(=O)(=O)CCNC(=O)c1ccc(/C=N/Nc2ncnc3c2cnn3-c2cccc(Br)c2)cc1. The van der Waals surface area contributed by atoms with Crippen LogP contribution in [0.25, 0.3) is 16.7 Å². The van der Waals surface area contributed by atoms with Gasteiger partial charge in [-0.3, -0.25) is 10.2 Å². The Balaban J connectivity index is 1.42. The zero-order valence-corrected chi connectivity index (χ0v) is 20.4. The first-order valence-corrected chi connectivity index (χ1v) is 13.0. The molecular weight excluding hydrogens is 522 g/mol. The van der Waals surface area contributed by atoms with Gasteiger partial charge in [-0.05, 0) is 35.9 Å². The number of fused-ring (bicyclic) bond motifs is 1. The Kier molecular flexibility index (Phi) is 6.98. The highest BCUT2D eigenvalue weighted by Crippen LogP contribution is 2.23. The topological polar surface area (TPSA) is 131 Å². The zero-order chi connectivity index (χ0) is 24.1. The third kappa shape index (κ3) is 5.83. The Morgan fingerprint density at radius 1 is 1.18 bits per heavy atom. The lowest BCUT2D eigenvalue weighted by Crippen LogP contribution is -2.28. The van der Waals surface area contributed by atoms with Crippen molar-refractivity contribution < 1.29 is 13.2 Å². The van der Waals surface area contributed by atoms with E-state index in [2.05, 4.69) is 46.8 Å². The van der Waals surface area contributed by atoms with E-state index >= 15 is 0 Å². The predicted octanol–water partition coefficient (Wildman–Crippen LogP) is 2.80. The highest BCUT2D eigenvalue weighted by molar-refractivity contribution is 9.10. The van der Waals surface area contributed by atoms with Crippen LogP contribution in [0.3, 0.4) is 0 Å². The number of amides is 1. The summed E-state index contributed by atoms with van der Waals surface area (Å²) in [6.07, 6.45) is 5.83. The average Bonchev–Trinajstić information content (AvgIpc) is 3.24. The van der Waals surface area contributed by atoms with Gasteiger partial charge in [-0.2, -0.15) is 10.2 Å². The number of hydrogen-bond donors (Lipinski definition) is 2. The summed E-state index contributed by atoms with van der Waals surface area (Å²) < 4.78 is 25.0. The number of aromatic nitrogens is 4. The van der Waals surface area contributed by atoms with E-state index in [4.69, 9.17) is 0 Å². The van der Waals surface area contributed by atoms with Gasteiger partial charge in [0.25, 0.3) is 5.91 Å². The largest absolute Gasteiger partial charge is 0.351 e. The van der Waals surface area contributed by atoms with Crippen molar-refractivity contribution in [3.8, 4) is 5.69 Å². The van der Waals surface area contributed by atoms with Gasteiger partial charge in [0.05, 0.1) is 29.2 Å². The number of halogens is 1. The van der Waals surface area contributed by atoms with E-state index in [9.17, 15) is 13.2 Å². The molecular formula is C22H20BrN7O3S. The molecule has 0 spiro atoms. The van der Waals surface area contributed by atoms with Gasteiger partial charge in [0.15, 0.2) is 11.5 Å². The van der Waals surface area contributed by atoms with Gasteiger partial charge in [-0.15, -0.1) is 0 Å². The minimum Gasteiger partial charge on any atom is -0.351 e. The van der Waals surface area contributed by atoms with Crippen LogP contribution in [0.5, 0.6) is 0 Å². The molecule has 10 nitrogen and oxygen atoms in total. The molecule has 2 aromatic carbocycles. The van der Waals surface area contributed by atoms with Gasteiger partial charge in [-0.1, -0.05) is 34.1 Å². The van der Waals surface area contributed by atoms with Crippen molar-refractivity contribution >= 4 is 54.7 Å². The second kappa shape index (κ2) is 10.1. The summed E-state index contributed by atoms with van der Waals surface area (Å²) in [5, 5.41) is 12.0. The molecule has 0 aliphatic rings. The van der Waals surface area contributed by atoms with Crippen LogP contribution in [0, 0.1) is 0 Å². The van der Waals surface area contributed by atoms with Gasteiger partial charge in [0.1, 0.15) is 16.2 Å². The molecule has 2 heterocycles. The Morgan fingerprint density at radius 3 is 2.71 bits per heavy atom. The molecule has 2 aromatic heterocycles. The van der Waals surface area contributed by atoms with Gasteiger partial charge in [0.2, 0.25) is 0 Å². The molecule has 2 N–H and O–H groups in total. The van der Waals surface area contributed by atoms with Crippen molar-refractivity contribution in [3.05, 3.63) is 76.7 Å². The number of nitrogens with one attached hydrogen (secondary N) is 2. The molecule has 0 bridgehead atoms. The number of carbonyl (C=O) groups excluding carboxylic acids is 1. The smallest absolute Gasteiger partial charge is 0.251 e. The molecule has 4 aromatic rings. The number of anilines is 1. The lowest BCUT2D eigenvalue weighted by molar-refractivity contribution is 0.0956. The lowest BCUT2D eigenvalue weighted by Gasteiger charge is -2.05. The third-order valence-electron chi connectivity index (χ3n) is 4.73. The van der Waals surface area contributed by atoms with Gasteiger partial charge in [-0.25, -0.2) is 23.1 Å². The molecule has 1 amide bonds. The van der Waals surface area contributed by atoms with Crippen molar-refractivity contribution in [2.45, 2.75) is 0 Å². The van der Waals surface area contributed by atoms with E-state index in [1.54, 1.807) is 41.4 Å². The number of nitrogens with zero attached hydrogens (tertiary/aromatic N) is 5. The highest BCUT2D eigenvalue weighted by atomic mass is 79.9. The second-order valence-corrected chi connectivity index (χ2v) is 10.5. The van der Waals surface area contributed by atoms with E-state index < -0.39 is 9.84 Å². The molecule has 0 atom stereocenters. The lowest BCUT2D eigenvalue weighted by atomic mass is 10.1. The normalized spacial score (nSPS) is 11.7. The van der Waals surface area contributed by atoms with E-state index in [1.807, 2.05) is 24.3 Å². The molecule has 0 radical (unpaired) electrons. The Morgan fingerprint density at radius 2 is 1.97 bits per heavy atom. The molecule has 0 aliphatic carbocycles. The van der Waals surface area contributed by atoms with Crippen LogP contribution >= 0.6 is 15.9 Å². The summed E-state index contributed by atoms with van der Waals surface area (Å²) >= 11 is 3.46. The molecule has 174 valence electrons. The predicted molar refractivity (Wildman–Crippen MR) is 134 cm³/mol. The molecule has 4 rings (SSSR count). The van der Waals surface area contributed by atoms with Crippen LogP contribution in [0.1, 0.15) is 15.9 Å². The van der Waals surface area contributed by atoms with Gasteiger partial charge < -0.3 is 5.32 Å². The van der Waals surface area contributed by atoms with Crippen molar-refractivity contribution in [2.75, 3.05) is 24.0 Å². The standard InChI is InChI=1S/C22H20BrN7O3S/c1-34(32,33)10-9-24-22(31)16-7-5-15(6-8-16)12-27-29-20-19-13-28-30(21(19)26-14-25-20)18-4-2-3-17(23)11-18/h2-8,11-14H,9-10H2,1H3,(H,24,31)(H,25,26,29)/b27-12+. The van der Waals surface area contributed by atoms with E-state index in [-0.39, 0.29) is 18.2 Å². The summed E-state index contributed by atoms with van der Waals surface area (Å²) in [6, 6.07) is 14.5. The van der Waals surface area contributed by atoms with Crippen molar-refractivity contribution in [2.24, 2.45) is 5.10 Å². The maximum absolute atomic E-state index is 12.1. The monoisotopic (exact) mass is 541 g/mol. The van der Waals surface area contributed by atoms with Crippen LogP contribution in [-0.2, 0) is 9.84 Å². The number of sulfone groups is 1. The quantitative estimate of drug-likeness (QED) is 0.259. The minimum atomic E-state index is -3.13. The van der Waals surface area contributed by atoms with Gasteiger partial charge in [0, 0.05) is 22.8 Å². The minimum absolute atomic E-state index is 0.0658. The molecule has 12 heteroatoms. The second-order valence-electron chi connectivity index (χ2n) is 7.37. The Bertz CT molecular complexity index is 1470. The summed E-state index contributed by atoms with van der Waals surface area (Å²) in [5.74, 6) is 0.0632. The van der Waals surface area contributed by atoms with Gasteiger partial charge >= 0.3 is 0 Å². The third-order valence-corrected chi connectivity index (χ3v) is 6.17. The van der Waals surface area contributed by atoms with Crippen LogP contribution in [0.15, 0.2) is 70.6 Å². The van der Waals surface area contributed by atoms with E-state index in [0.717, 1.165) is 22.0 Å². The number of hydrazone groups is 1. The molecule has 34 heavy (non-hydrogen) atoms. The van der Waals surface area contributed by atoms with Crippen molar-refractivity contribution in [1.29, 1.82) is 0 Å². The zero-order valence-electron chi connectivity index (χ0n) is 18.0. The fourth-order valence-corrected chi connectivity index (χ4v) is 3.93. The maximum atomic E-state index is 12.1. The summed E-state index contributed by atoms with van der Waals surface area (Å²) in [6.45, 7) is 0.0658. The van der Waals surface area contributed by atoms with E-state index in [0.29, 0.717) is 22.4 Å². The number of benzene rings is 2. The van der Waals surface area contributed by atoms with Crippen LogP contribution in [-0.4, -0.2) is 58.8 Å². The van der Waals surface area contributed by atoms with Crippen molar-refractivity contribution in [3.63, 3.8) is 0 Å². The molecule has 0 saturated carbocycles. The first-order valence-electron chi connectivity index (χ1n) is 10.1. The molecule has 0 fully saturated rings. The summed E-state index contributed by atoms with van der Waals surface area (Å²) in [4.78, 5) is 20.7. The number of carbonyl (C=O) groups is 1. The van der Waals surface area contributed by atoms with Crippen LogP contribution < -0.4 is 10.7 Å². The fraction of sp³-hybridized carbons (Fsp3) is 0.136. The Labute approximate surface area is 204 Å². The van der Waals surface area contributed by atoms with Crippen LogP contribution in [0.2, 0.25) is 0 Å². The molecule has 0 aliphatic heterocycles. The fourth-order valence-electron chi connectivity index (χ4n) is 3.07. The van der Waals surface area contributed by atoms with Crippen LogP contribution in [0.4, 0.5) is 5.82 Å². The number of rotatable bonds is 8.